The molecule has 1 unspecified atom stereocenters. The van der Waals surface area contributed by atoms with Crippen molar-refractivity contribution >= 4 is 0 Å². The Kier molecular flexibility index (Phi) is 3.51. The van der Waals surface area contributed by atoms with Crippen molar-refractivity contribution in [1.29, 1.82) is 0 Å². The van der Waals surface area contributed by atoms with Gasteiger partial charge in [0.05, 0.1) is 11.9 Å². The van der Waals surface area contributed by atoms with E-state index >= 15 is 0 Å². The third-order valence-corrected chi connectivity index (χ3v) is 3.15. The fourth-order valence-electron chi connectivity index (χ4n) is 1.98. The summed E-state index contributed by atoms with van der Waals surface area (Å²) in [6.07, 6.45) is 5.29. The van der Waals surface area contributed by atoms with Crippen molar-refractivity contribution in [3.63, 3.8) is 0 Å². The number of tetrazole rings is 1. The van der Waals surface area contributed by atoms with E-state index in [2.05, 4.69) is 50.1 Å². The van der Waals surface area contributed by atoms with Gasteiger partial charge in [0.2, 0.25) is 0 Å². The van der Waals surface area contributed by atoms with Gasteiger partial charge in [-0.05, 0) is 35.0 Å². The van der Waals surface area contributed by atoms with E-state index in [4.69, 9.17) is 0 Å². The number of rotatable bonds is 5. The first-order valence-electron chi connectivity index (χ1n) is 6.37. The van der Waals surface area contributed by atoms with Crippen LogP contribution in [0, 0.1) is 0 Å². The molecule has 3 aromatic rings. The average molecular weight is 269 g/mol. The van der Waals surface area contributed by atoms with E-state index in [1.807, 2.05) is 24.5 Å². The summed E-state index contributed by atoms with van der Waals surface area (Å²) >= 11 is 0. The van der Waals surface area contributed by atoms with E-state index in [-0.39, 0.29) is 6.04 Å². The predicted octanol–water partition coefficient (Wildman–Crippen LogP) is 1.24. The zero-order valence-electron chi connectivity index (χ0n) is 11.1. The van der Waals surface area contributed by atoms with E-state index in [1.54, 1.807) is 11.0 Å². The van der Waals surface area contributed by atoms with Crippen LogP contribution >= 0.6 is 0 Å². The van der Waals surface area contributed by atoms with Gasteiger partial charge >= 0.3 is 0 Å². The SMILES string of the molecule is CC(NCc1cn[nH]c1)c1cccc(-n2cnnn2)c1. The molecule has 7 heteroatoms. The van der Waals surface area contributed by atoms with Gasteiger partial charge in [0.25, 0.3) is 0 Å². The van der Waals surface area contributed by atoms with E-state index in [0.717, 1.165) is 17.8 Å². The normalized spacial score (nSPS) is 12.4. The van der Waals surface area contributed by atoms with Crippen LogP contribution in [0.3, 0.4) is 0 Å². The molecule has 0 aliphatic carbocycles. The van der Waals surface area contributed by atoms with Gasteiger partial charge in [0, 0.05) is 24.3 Å². The molecule has 0 amide bonds. The van der Waals surface area contributed by atoms with Crippen molar-refractivity contribution in [2.45, 2.75) is 19.5 Å². The molecule has 0 aliphatic heterocycles. The van der Waals surface area contributed by atoms with Crippen LogP contribution in [0.5, 0.6) is 0 Å². The quantitative estimate of drug-likeness (QED) is 0.728. The molecule has 0 saturated heterocycles. The van der Waals surface area contributed by atoms with Gasteiger partial charge in [-0.3, -0.25) is 5.10 Å². The van der Waals surface area contributed by atoms with Crippen LogP contribution in [0.1, 0.15) is 24.1 Å². The molecule has 0 fully saturated rings. The number of nitrogens with one attached hydrogen (secondary N) is 2. The second-order valence-electron chi connectivity index (χ2n) is 4.56. The van der Waals surface area contributed by atoms with E-state index in [1.165, 1.54) is 5.56 Å². The molecule has 0 saturated carbocycles. The fourth-order valence-corrected chi connectivity index (χ4v) is 1.98. The molecule has 1 aromatic carbocycles. The monoisotopic (exact) mass is 269 g/mol. The Balaban J connectivity index is 1.71. The zero-order chi connectivity index (χ0) is 13.8. The Morgan fingerprint density at radius 1 is 1.40 bits per heavy atom. The van der Waals surface area contributed by atoms with Gasteiger partial charge in [-0.25, -0.2) is 4.68 Å². The number of aromatic nitrogens is 6. The van der Waals surface area contributed by atoms with Crippen LogP contribution in [-0.2, 0) is 6.54 Å². The number of nitrogens with zero attached hydrogens (tertiary/aromatic N) is 5. The van der Waals surface area contributed by atoms with Crippen LogP contribution in [-0.4, -0.2) is 30.4 Å². The summed E-state index contributed by atoms with van der Waals surface area (Å²) in [7, 11) is 0. The molecule has 0 aliphatic rings. The van der Waals surface area contributed by atoms with Gasteiger partial charge in [-0.1, -0.05) is 12.1 Å². The predicted molar refractivity (Wildman–Crippen MR) is 73.0 cm³/mol. The highest BCUT2D eigenvalue weighted by Crippen LogP contribution is 2.16. The van der Waals surface area contributed by atoms with Crippen LogP contribution in [0.25, 0.3) is 5.69 Å². The van der Waals surface area contributed by atoms with E-state index < -0.39 is 0 Å². The van der Waals surface area contributed by atoms with Gasteiger partial charge < -0.3 is 5.32 Å². The van der Waals surface area contributed by atoms with Gasteiger partial charge in [0.15, 0.2) is 0 Å². The van der Waals surface area contributed by atoms with Crippen LogP contribution in [0.2, 0.25) is 0 Å². The first-order chi connectivity index (χ1) is 9.83. The summed E-state index contributed by atoms with van der Waals surface area (Å²) < 4.78 is 1.65. The Hall–Kier alpha value is -2.54. The topological polar surface area (TPSA) is 84.3 Å². The average Bonchev–Trinajstić information content (AvgIpc) is 3.18. The summed E-state index contributed by atoms with van der Waals surface area (Å²) in [4.78, 5) is 0. The van der Waals surface area contributed by atoms with Gasteiger partial charge in [-0.15, -0.1) is 5.10 Å². The zero-order valence-corrected chi connectivity index (χ0v) is 11.1. The number of hydrogen-bond acceptors (Lipinski definition) is 5. The molecule has 0 spiro atoms. The molecule has 2 aromatic heterocycles. The highest BCUT2D eigenvalue weighted by Gasteiger charge is 2.07. The Morgan fingerprint density at radius 2 is 2.35 bits per heavy atom. The highest BCUT2D eigenvalue weighted by atomic mass is 15.5. The minimum atomic E-state index is 0.223. The van der Waals surface area contributed by atoms with E-state index in [9.17, 15) is 0 Å². The van der Waals surface area contributed by atoms with Crippen LogP contribution in [0.4, 0.5) is 0 Å². The minimum absolute atomic E-state index is 0.223. The van der Waals surface area contributed by atoms with Crippen LogP contribution < -0.4 is 5.32 Å². The lowest BCUT2D eigenvalue weighted by atomic mass is 10.1. The molecule has 3 rings (SSSR count). The lowest BCUT2D eigenvalue weighted by molar-refractivity contribution is 0.574. The number of hydrogen-bond donors (Lipinski definition) is 2. The van der Waals surface area contributed by atoms with Crippen molar-refractivity contribution in [2.24, 2.45) is 0 Å². The molecule has 0 radical (unpaired) electrons. The first kappa shape index (κ1) is 12.5. The lowest BCUT2D eigenvalue weighted by Gasteiger charge is -2.14. The Labute approximate surface area is 116 Å². The summed E-state index contributed by atoms with van der Waals surface area (Å²) in [5.74, 6) is 0. The molecular formula is C13H15N7. The number of benzene rings is 1. The first-order valence-corrected chi connectivity index (χ1v) is 6.37. The largest absolute Gasteiger partial charge is 0.306 e. The maximum atomic E-state index is 3.93. The second kappa shape index (κ2) is 5.62. The number of aromatic amines is 1. The van der Waals surface area contributed by atoms with Crippen LogP contribution in [0.15, 0.2) is 43.0 Å². The smallest absolute Gasteiger partial charge is 0.143 e. The molecule has 102 valence electrons. The van der Waals surface area contributed by atoms with Gasteiger partial charge in [-0.2, -0.15) is 5.10 Å². The van der Waals surface area contributed by atoms with Crippen molar-refractivity contribution in [2.75, 3.05) is 0 Å². The summed E-state index contributed by atoms with van der Waals surface area (Å²) in [6, 6.07) is 8.36. The van der Waals surface area contributed by atoms with E-state index in [0.29, 0.717) is 0 Å². The molecule has 7 nitrogen and oxygen atoms in total. The highest BCUT2D eigenvalue weighted by molar-refractivity contribution is 5.35. The lowest BCUT2D eigenvalue weighted by Crippen LogP contribution is -2.18. The molecule has 1 atom stereocenters. The third-order valence-electron chi connectivity index (χ3n) is 3.15. The Bertz CT molecular complexity index is 645. The Morgan fingerprint density at radius 3 is 3.10 bits per heavy atom. The molecule has 20 heavy (non-hydrogen) atoms. The molecule has 2 heterocycles. The van der Waals surface area contributed by atoms with Crippen molar-refractivity contribution in [1.82, 2.24) is 35.7 Å². The molecular weight excluding hydrogens is 254 g/mol. The molecule has 2 N–H and O–H groups in total. The minimum Gasteiger partial charge on any atom is -0.306 e. The third kappa shape index (κ3) is 2.72. The molecule has 0 bridgehead atoms. The maximum Gasteiger partial charge on any atom is 0.143 e. The summed E-state index contributed by atoms with van der Waals surface area (Å²) in [5.41, 5.74) is 3.26. The second-order valence-corrected chi connectivity index (χ2v) is 4.56. The standard InChI is InChI=1S/C13H15N7/c1-10(14-6-11-7-15-16-8-11)12-3-2-4-13(5-12)20-9-17-18-19-20/h2-5,7-10,14H,6H2,1H3,(H,15,16). The summed E-state index contributed by atoms with van der Waals surface area (Å²) in [5, 5.41) is 21.4. The maximum absolute atomic E-state index is 3.93. The summed E-state index contributed by atoms with van der Waals surface area (Å²) in [6.45, 7) is 2.89. The van der Waals surface area contributed by atoms with Gasteiger partial charge in [0.1, 0.15) is 6.33 Å². The fraction of sp³-hybridized carbons (Fsp3) is 0.231. The van der Waals surface area contributed by atoms with Crippen molar-refractivity contribution in [3.8, 4) is 5.69 Å². The van der Waals surface area contributed by atoms with Crippen molar-refractivity contribution < 1.29 is 0 Å². The number of H-pyrrole nitrogens is 1. The van der Waals surface area contributed by atoms with Crippen molar-refractivity contribution in [3.05, 3.63) is 54.1 Å².